The number of aromatic nitrogens is 2. The van der Waals surface area contributed by atoms with Crippen LogP contribution in [0.15, 0.2) is 29.3 Å². The number of nitrogens with zero attached hydrogens (tertiary/aromatic N) is 1. The lowest BCUT2D eigenvalue weighted by molar-refractivity contribution is 0.509. The molecule has 0 amide bonds. The average Bonchev–Trinajstić information content (AvgIpc) is 2.26. The molecular weight excluding hydrogens is 216 g/mol. The van der Waals surface area contributed by atoms with Crippen molar-refractivity contribution in [3.8, 4) is 11.3 Å². The molecule has 0 unspecified atom stereocenters. The van der Waals surface area contributed by atoms with E-state index in [0.717, 1.165) is 18.5 Å². The third-order valence-electron chi connectivity index (χ3n) is 2.08. The largest absolute Gasteiger partial charge is 0.392 e. The van der Waals surface area contributed by atoms with Gasteiger partial charge in [-0.3, -0.25) is 4.79 Å². The molecule has 0 aliphatic carbocycles. The standard InChI is InChI=1S/C10H7F2N3O/c11-6-2-1-5(3-7(6)12)9-8(13)10(16)15-4-14-9/h1-4H,13H2,(H,14,15,16). The second-order valence-electron chi connectivity index (χ2n) is 3.12. The third kappa shape index (κ3) is 1.65. The van der Waals surface area contributed by atoms with Gasteiger partial charge in [0.25, 0.3) is 5.56 Å². The fourth-order valence-corrected chi connectivity index (χ4v) is 1.28. The predicted octanol–water partition coefficient (Wildman–Crippen LogP) is 1.30. The number of rotatable bonds is 1. The van der Waals surface area contributed by atoms with Crippen LogP contribution in [0.5, 0.6) is 0 Å². The molecule has 1 aromatic carbocycles. The Kier molecular flexibility index (Phi) is 2.40. The normalized spacial score (nSPS) is 10.4. The minimum absolute atomic E-state index is 0.127. The van der Waals surface area contributed by atoms with E-state index in [1.54, 1.807) is 0 Å². The van der Waals surface area contributed by atoms with Crippen LogP contribution in [-0.2, 0) is 0 Å². The van der Waals surface area contributed by atoms with E-state index in [-0.39, 0.29) is 16.9 Å². The molecule has 16 heavy (non-hydrogen) atoms. The number of aromatic amines is 1. The molecule has 3 N–H and O–H groups in total. The van der Waals surface area contributed by atoms with E-state index in [1.165, 1.54) is 6.07 Å². The minimum Gasteiger partial charge on any atom is -0.392 e. The fourth-order valence-electron chi connectivity index (χ4n) is 1.28. The van der Waals surface area contributed by atoms with Crippen LogP contribution in [0, 0.1) is 11.6 Å². The second kappa shape index (κ2) is 3.73. The van der Waals surface area contributed by atoms with Crippen molar-refractivity contribution in [2.45, 2.75) is 0 Å². The van der Waals surface area contributed by atoms with Crippen LogP contribution in [0.1, 0.15) is 0 Å². The van der Waals surface area contributed by atoms with E-state index in [4.69, 9.17) is 5.73 Å². The Bertz CT molecular complexity index is 595. The van der Waals surface area contributed by atoms with Gasteiger partial charge in [-0.15, -0.1) is 0 Å². The van der Waals surface area contributed by atoms with Crippen molar-refractivity contribution >= 4 is 5.69 Å². The summed E-state index contributed by atoms with van der Waals surface area (Å²) in [7, 11) is 0. The highest BCUT2D eigenvalue weighted by molar-refractivity contribution is 5.71. The van der Waals surface area contributed by atoms with Gasteiger partial charge < -0.3 is 10.7 Å². The molecule has 4 nitrogen and oxygen atoms in total. The lowest BCUT2D eigenvalue weighted by Gasteiger charge is -2.03. The molecule has 0 aliphatic rings. The van der Waals surface area contributed by atoms with Gasteiger partial charge in [-0.1, -0.05) is 0 Å². The Labute approximate surface area is 88.8 Å². The summed E-state index contributed by atoms with van der Waals surface area (Å²) < 4.78 is 25.7. The van der Waals surface area contributed by atoms with E-state index in [1.807, 2.05) is 0 Å². The lowest BCUT2D eigenvalue weighted by Crippen LogP contribution is -2.13. The smallest absolute Gasteiger partial charge is 0.274 e. The molecule has 0 radical (unpaired) electrons. The van der Waals surface area contributed by atoms with Gasteiger partial charge >= 0.3 is 0 Å². The van der Waals surface area contributed by atoms with Gasteiger partial charge in [0, 0.05) is 5.56 Å². The number of hydrogen-bond donors (Lipinski definition) is 2. The minimum atomic E-state index is -1.01. The summed E-state index contributed by atoms with van der Waals surface area (Å²) in [5.74, 6) is -1.98. The summed E-state index contributed by atoms with van der Waals surface area (Å²) in [5, 5.41) is 0. The highest BCUT2D eigenvalue weighted by Gasteiger charge is 2.10. The van der Waals surface area contributed by atoms with Crippen molar-refractivity contribution in [3.05, 3.63) is 46.5 Å². The Balaban J connectivity index is 2.63. The van der Waals surface area contributed by atoms with Gasteiger partial charge in [0.15, 0.2) is 11.6 Å². The highest BCUT2D eigenvalue weighted by atomic mass is 19.2. The quantitative estimate of drug-likeness (QED) is 0.765. The summed E-state index contributed by atoms with van der Waals surface area (Å²) in [5.41, 5.74) is 5.21. The first-order chi connectivity index (χ1) is 7.59. The molecular formula is C10H7F2N3O. The van der Waals surface area contributed by atoms with Crippen molar-refractivity contribution in [1.82, 2.24) is 9.97 Å². The van der Waals surface area contributed by atoms with E-state index >= 15 is 0 Å². The number of anilines is 1. The third-order valence-corrected chi connectivity index (χ3v) is 2.08. The molecule has 1 aromatic heterocycles. The zero-order chi connectivity index (χ0) is 11.7. The SMILES string of the molecule is Nc1c(-c2ccc(F)c(F)c2)nc[nH]c1=O. The zero-order valence-electron chi connectivity index (χ0n) is 8.00. The van der Waals surface area contributed by atoms with Crippen LogP contribution in [0.2, 0.25) is 0 Å². The number of nitrogens with one attached hydrogen (secondary N) is 1. The van der Waals surface area contributed by atoms with Crippen molar-refractivity contribution in [2.24, 2.45) is 0 Å². The van der Waals surface area contributed by atoms with Gasteiger partial charge in [-0.25, -0.2) is 13.8 Å². The van der Waals surface area contributed by atoms with E-state index in [0.29, 0.717) is 0 Å². The molecule has 0 spiro atoms. The maximum atomic E-state index is 13.0. The Morgan fingerprint density at radius 1 is 1.25 bits per heavy atom. The highest BCUT2D eigenvalue weighted by Crippen LogP contribution is 2.21. The molecule has 82 valence electrons. The molecule has 6 heteroatoms. The Hall–Kier alpha value is -2.24. The van der Waals surface area contributed by atoms with Crippen LogP contribution in [0.3, 0.4) is 0 Å². The fraction of sp³-hybridized carbons (Fsp3) is 0. The Morgan fingerprint density at radius 3 is 2.69 bits per heavy atom. The molecule has 0 saturated carbocycles. The van der Waals surface area contributed by atoms with Crippen molar-refractivity contribution in [3.63, 3.8) is 0 Å². The monoisotopic (exact) mass is 223 g/mol. The summed E-state index contributed by atoms with van der Waals surface area (Å²) in [4.78, 5) is 17.3. The maximum Gasteiger partial charge on any atom is 0.274 e. The summed E-state index contributed by atoms with van der Waals surface area (Å²) in [6.45, 7) is 0. The number of nitrogen functional groups attached to an aromatic ring is 1. The van der Waals surface area contributed by atoms with Gasteiger partial charge in [0.05, 0.1) is 6.33 Å². The Morgan fingerprint density at radius 2 is 2.00 bits per heavy atom. The molecule has 0 saturated heterocycles. The summed E-state index contributed by atoms with van der Waals surface area (Å²) in [6.07, 6.45) is 1.15. The number of benzene rings is 1. The number of nitrogens with two attached hydrogens (primary N) is 1. The number of halogens is 2. The van der Waals surface area contributed by atoms with Crippen molar-refractivity contribution in [1.29, 1.82) is 0 Å². The first-order valence-corrected chi connectivity index (χ1v) is 4.38. The van der Waals surface area contributed by atoms with Gasteiger partial charge in [-0.05, 0) is 18.2 Å². The van der Waals surface area contributed by atoms with E-state index in [2.05, 4.69) is 9.97 Å². The summed E-state index contributed by atoms with van der Waals surface area (Å²) >= 11 is 0. The van der Waals surface area contributed by atoms with E-state index in [9.17, 15) is 13.6 Å². The first-order valence-electron chi connectivity index (χ1n) is 4.38. The lowest BCUT2D eigenvalue weighted by atomic mass is 10.1. The van der Waals surface area contributed by atoms with Crippen LogP contribution >= 0.6 is 0 Å². The van der Waals surface area contributed by atoms with Crippen molar-refractivity contribution in [2.75, 3.05) is 5.73 Å². The average molecular weight is 223 g/mol. The van der Waals surface area contributed by atoms with Crippen molar-refractivity contribution < 1.29 is 8.78 Å². The van der Waals surface area contributed by atoms with Gasteiger partial charge in [-0.2, -0.15) is 0 Å². The topological polar surface area (TPSA) is 71.8 Å². The molecule has 0 fully saturated rings. The van der Waals surface area contributed by atoms with Crippen LogP contribution in [0.25, 0.3) is 11.3 Å². The van der Waals surface area contributed by atoms with E-state index < -0.39 is 17.2 Å². The van der Waals surface area contributed by atoms with Gasteiger partial charge in [0.1, 0.15) is 11.4 Å². The van der Waals surface area contributed by atoms with Crippen LogP contribution in [-0.4, -0.2) is 9.97 Å². The molecule has 0 aliphatic heterocycles. The predicted molar refractivity (Wildman–Crippen MR) is 54.6 cm³/mol. The molecule has 2 rings (SSSR count). The molecule has 0 bridgehead atoms. The summed E-state index contributed by atoms with van der Waals surface area (Å²) in [6, 6.07) is 3.19. The van der Waals surface area contributed by atoms with Crippen LogP contribution < -0.4 is 11.3 Å². The first kappa shape index (κ1) is 10.3. The molecule has 0 atom stereocenters. The van der Waals surface area contributed by atoms with Gasteiger partial charge in [0.2, 0.25) is 0 Å². The van der Waals surface area contributed by atoms with Crippen LogP contribution in [0.4, 0.5) is 14.5 Å². The molecule has 2 aromatic rings. The second-order valence-corrected chi connectivity index (χ2v) is 3.12. The zero-order valence-corrected chi connectivity index (χ0v) is 8.00. The number of hydrogen-bond acceptors (Lipinski definition) is 3. The molecule has 1 heterocycles. The number of H-pyrrole nitrogens is 1. The maximum absolute atomic E-state index is 13.0.